The molecule has 6 nitrogen and oxygen atoms in total. The molecule has 0 aromatic carbocycles. The Labute approximate surface area is 104 Å². The number of nitrogens with two attached hydrogens (primary N) is 1. The Kier molecular flexibility index (Phi) is 2.71. The lowest BCUT2D eigenvalue weighted by molar-refractivity contribution is 0.0711. The molecule has 2 aromatic heterocycles. The summed E-state index contributed by atoms with van der Waals surface area (Å²) in [7, 11) is 0. The topological polar surface area (TPSA) is 76.5 Å². The predicted molar refractivity (Wildman–Crippen MR) is 66.1 cm³/mol. The molecule has 3 heterocycles. The van der Waals surface area contributed by atoms with E-state index in [1.54, 1.807) is 34.2 Å². The summed E-state index contributed by atoms with van der Waals surface area (Å²) >= 11 is 0. The van der Waals surface area contributed by atoms with Gasteiger partial charge in [-0.25, -0.2) is 4.52 Å². The van der Waals surface area contributed by atoms with Crippen LogP contribution in [0.15, 0.2) is 24.8 Å². The fraction of sp³-hybridized carbons (Fsp3) is 0.417. The van der Waals surface area contributed by atoms with E-state index in [0.29, 0.717) is 12.1 Å². The number of hydrogen-bond donors (Lipinski definition) is 1. The average Bonchev–Trinajstić information content (AvgIpc) is 2.82. The van der Waals surface area contributed by atoms with Gasteiger partial charge in [0.2, 0.25) is 0 Å². The van der Waals surface area contributed by atoms with E-state index in [1.807, 2.05) is 0 Å². The zero-order valence-electron chi connectivity index (χ0n) is 9.99. The highest BCUT2D eigenvalue weighted by Crippen LogP contribution is 2.15. The first-order valence-electron chi connectivity index (χ1n) is 6.08. The van der Waals surface area contributed by atoms with Crippen LogP contribution >= 0.6 is 0 Å². The Bertz CT molecular complexity index is 579. The summed E-state index contributed by atoms with van der Waals surface area (Å²) in [6.07, 6.45) is 8.58. The zero-order valence-corrected chi connectivity index (χ0v) is 9.99. The minimum absolute atomic E-state index is 0.00634. The van der Waals surface area contributed by atoms with Crippen molar-refractivity contribution >= 4 is 11.4 Å². The van der Waals surface area contributed by atoms with Gasteiger partial charge < -0.3 is 10.6 Å². The second kappa shape index (κ2) is 4.38. The van der Waals surface area contributed by atoms with Crippen molar-refractivity contribution in [3.05, 3.63) is 30.4 Å². The van der Waals surface area contributed by atoms with Gasteiger partial charge in [-0.1, -0.05) is 0 Å². The number of rotatable bonds is 1. The lowest BCUT2D eigenvalue weighted by Gasteiger charge is -2.30. The van der Waals surface area contributed by atoms with Crippen LogP contribution in [0.4, 0.5) is 0 Å². The van der Waals surface area contributed by atoms with E-state index in [-0.39, 0.29) is 11.9 Å². The predicted octanol–water partition coefficient (Wildman–Crippen LogP) is 0.293. The van der Waals surface area contributed by atoms with Crippen molar-refractivity contribution < 1.29 is 4.79 Å². The number of amides is 1. The molecule has 1 aliphatic heterocycles. The van der Waals surface area contributed by atoms with Crippen molar-refractivity contribution in [3.8, 4) is 0 Å². The van der Waals surface area contributed by atoms with E-state index in [0.717, 1.165) is 24.9 Å². The molecule has 2 N–H and O–H groups in total. The summed E-state index contributed by atoms with van der Waals surface area (Å²) in [6, 6.07) is 0.0858. The average molecular weight is 245 g/mol. The van der Waals surface area contributed by atoms with Gasteiger partial charge in [-0.2, -0.15) is 5.10 Å². The number of piperidine rings is 1. The van der Waals surface area contributed by atoms with Gasteiger partial charge in [0, 0.05) is 31.5 Å². The number of aromatic nitrogens is 3. The van der Waals surface area contributed by atoms with E-state index >= 15 is 0 Å². The first-order chi connectivity index (χ1) is 8.75. The minimum atomic E-state index is -0.00634. The molecular weight excluding hydrogens is 230 g/mol. The van der Waals surface area contributed by atoms with Crippen LogP contribution in [0.2, 0.25) is 0 Å². The van der Waals surface area contributed by atoms with Crippen LogP contribution in [0.1, 0.15) is 23.2 Å². The second-order valence-corrected chi connectivity index (χ2v) is 4.62. The molecule has 1 atom stereocenters. The molecule has 0 saturated carbocycles. The van der Waals surface area contributed by atoms with Crippen molar-refractivity contribution in [1.29, 1.82) is 0 Å². The van der Waals surface area contributed by atoms with Crippen molar-refractivity contribution in [2.75, 3.05) is 13.1 Å². The van der Waals surface area contributed by atoms with Crippen LogP contribution < -0.4 is 5.73 Å². The highest BCUT2D eigenvalue weighted by Gasteiger charge is 2.24. The van der Waals surface area contributed by atoms with Gasteiger partial charge in [0.05, 0.1) is 23.5 Å². The summed E-state index contributed by atoms with van der Waals surface area (Å²) in [4.78, 5) is 18.2. The Hall–Kier alpha value is -1.95. The smallest absolute Gasteiger partial charge is 0.257 e. The molecular formula is C12H15N5O. The van der Waals surface area contributed by atoms with Crippen LogP contribution in [-0.2, 0) is 0 Å². The minimum Gasteiger partial charge on any atom is -0.337 e. The molecule has 6 heteroatoms. The molecule has 0 aliphatic carbocycles. The lowest BCUT2D eigenvalue weighted by Crippen LogP contribution is -2.45. The largest absolute Gasteiger partial charge is 0.337 e. The van der Waals surface area contributed by atoms with Crippen molar-refractivity contribution in [3.63, 3.8) is 0 Å². The molecule has 1 fully saturated rings. The molecule has 0 spiro atoms. The summed E-state index contributed by atoms with van der Waals surface area (Å²) in [6.45, 7) is 1.39. The molecule has 0 radical (unpaired) electrons. The molecule has 18 heavy (non-hydrogen) atoms. The van der Waals surface area contributed by atoms with Gasteiger partial charge in [0.25, 0.3) is 5.91 Å². The first-order valence-corrected chi connectivity index (χ1v) is 6.08. The number of fused-ring (bicyclic) bond motifs is 1. The SMILES string of the molecule is N[C@@H]1CCCN(C(=O)c2cnn3ccncc23)C1. The monoisotopic (exact) mass is 245 g/mol. The molecule has 1 aliphatic rings. The number of nitrogens with zero attached hydrogens (tertiary/aromatic N) is 4. The van der Waals surface area contributed by atoms with Crippen LogP contribution in [-0.4, -0.2) is 44.5 Å². The Morgan fingerprint density at radius 2 is 2.33 bits per heavy atom. The lowest BCUT2D eigenvalue weighted by atomic mass is 10.1. The third-order valence-electron chi connectivity index (χ3n) is 3.30. The third-order valence-corrected chi connectivity index (χ3v) is 3.30. The number of likely N-dealkylation sites (tertiary alicyclic amines) is 1. The van der Waals surface area contributed by atoms with Gasteiger partial charge in [-0.15, -0.1) is 0 Å². The zero-order chi connectivity index (χ0) is 12.5. The Balaban J connectivity index is 1.92. The maximum atomic E-state index is 12.4. The summed E-state index contributed by atoms with van der Waals surface area (Å²) in [5.41, 5.74) is 7.23. The third kappa shape index (κ3) is 1.84. The van der Waals surface area contributed by atoms with Crippen LogP contribution in [0, 0.1) is 0 Å². The van der Waals surface area contributed by atoms with E-state index in [9.17, 15) is 4.79 Å². The quantitative estimate of drug-likeness (QED) is 0.783. The van der Waals surface area contributed by atoms with Gasteiger partial charge in [-0.05, 0) is 12.8 Å². The normalized spacial score (nSPS) is 20.3. The van der Waals surface area contributed by atoms with Gasteiger partial charge in [0.15, 0.2) is 0 Å². The Morgan fingerprint density at radius 3 is 3.17 bits per heavy atom. The number of carbonyl (C=O) groups is 1. The van der Waals surface area contributed by atoms with Crippen molar-refractivity contribution in [2.45, 2.75) is 18.9 Å². The van der Waals surface area contributed by atoms with E-state index < -0.39 is 0 Å². The van der Waals surface area contributed by atoms with E-state index in [1.165, 1.54) is 0 Å². The summed E-state index contributed by atoms with van der Waals surface area (Å²) in [5.74, 6) is -0.00634. The molecule has 0 unspecified atom stereocenters. The highest BCUT2D eigenvalue weighted by molar-refractivity contribution is 6.00. The van der Waals surface area contributed by atoms with Crippen LogP contribution in [0.3, 0.4) is 0 Å². The molecule has 1 saturated heterocycles. The van der Waals surface area contributed by atoms with E-state index in [4.69, 9.17) is 5.73 Å². The highest BCUT2D eigenvalue weighted by atomic mass is 16.2. The molecule has 3 rings (SSSR count). The van der Waals surface area contributed by atoms with Crippen LogP contribution in [0.5, 0.6) is 0 Å². The summed E-state index contributed by atoms with van der Waals surface area (Å²) in [5, 5.41) is 4.15. The standard InChI is InChI=1S/C12H15N5O/c13-9-2-1-4-16(8-9)12(18)10-6-15-17-5-3-14-7-11(10)17/h3,5-7,9H,1-2,4,8,13H2/t9-/m1/s1. The fourth-order valence-corrected chi connectivity index (χ4v) is 2.36. The van der Waals surface area contributed by atoms with Gasteiger partial charge >= 0.3 is 0 Å². The fourth-order valence-electron chi connectivity index (χ4n) is 2.36. The van der Waals surface area contributed by atoms with Crippen molar-refractivity contribution in [1.82, 2.24) is 19.5 Å². The molecule has 1 amide bonds. The molecule has 0 bridgehead atoms. The Morgan fingerprint density at radius 1 is 1.44 bits per heavy atom. The maximum Gasteiger partial charge on any atom is 0.257 e. The first kappa shape index (κ1) is 11.2. The molecule has 2 aromatic rings. The maximum absolute atomic E-state index is 12.4. The number of hydrogen-bond acceptors (Lipinski definition) is 4. The van der Waals surface area contributed by atoms with Crippen molar-refractivity contribution in [2.24, 2.45) is 5.73 Å². The van der Waals surface area contributed by atoms with Gasteiger partial charge in [0.1, 0.15) is 0 Å². The van der Waals surface area contributed by atoms with E-state index in [2.05, 4.69) is 10.1 Å². The number of carbonyl (C=O) groups excluding carboxylic acids is 1. The second-order valence-electron chi connectivity index (χ2n) is 4.62. The summed E-state index contributed by atoms with van der Waals surface area (Å²) < 4.78 is 1.66. The molecule has 94 valence electrons. The van der Waals surface area contributed by atoms with Crippen LogP contribution in [0.25, 0.3) is 5.52 Å². The van der Waals surface area contributed by atoms with Gasteiger partial charge in [-0.3, -0.25) is 9.78 Å².